The predicted molar refractivity (Wildman–Crippen MR) is 115 cm³/mol. The van der Waals surface area contributed by atoms with Gasteiger partial charge < -0.3 is 9.84 Å². The van der Waals surface area contributed by atoms with Crippen LogP contribution < -0.4 is 10.2 Å². The molecule has 0 unspecified atom stereocenters. The van der Waals surface area contributed by atoms with Gasteiger partial charge in [-0.25, -0.2) is 5.43 Å². The zero-order valence-corrected chi connectivity index (χ0v) is 17.2. The SMILES string of the molecule is O=C(N/N=C/c1cc(Cl)cc(Cl)c1O)c1ccccc1OCc1ccccc1Cl. The van der Waals surface area contributed by atoms with Crippen LogP contribution in [0.25, 0.3) is 0 Å². The number of nitrogens with zero attached hydrogens (tertiary/aromatic N) is 1. The molecule has 0 aliphatic rings. The highest BCUT2D eigenvalue weighted by Gasteiger charge is 2.12. The van der Waals surface area contributed by atoms with Crippen LogP contribution in [0.2, 0.25) is 15.1 Å². The van der Waals surface area contributed by atoms with E-state index in [0.717, 1.165) is 5.56 Å². The Morgan fingerprint density at radius 1 is 1.03 bits per heavy atom. The predicted octanol–water partition coefficient (Wildman–Crippen LogP) is 5.70. The molecule has 3 aromatic carbocycles. The van der Waals surface area contributed by atoms with Gasteiger partial charge in [0.1, 0.15) is 18.1 Å². The molecular formula is C21H15Cl3N2O3. The Morgan fingerprint density at radius 3 is 2.55 bits per heavy atom. The average Bonchev–Trinajstić information content (AvgIpc) is 2.71. The summed E-state index contributed by atoms with van der Waals surface area (Å²) in [5.74, 6) is -0.282. The number of para-hydroxylation sites is 1. The number of carbonyl (C=O) groups excluding carboxylic acids is 1. The van der Waals surface area contributed by atoms with Gasteiger partial charge in [0.25, 0.3) is 5.91 Å². The van der Waals surface area contributed by atoms with Crippen LogP contribution in [0.15, 0.2) is 65.8 Å². The fraction of sp³-hybridized carbons (Fsp3) is 0.0476. The number of ether oxygens (including phenoxy) is 1. The van der Waals surface area contributed by atoms with Crippen molar-refractivity contribution in [2.24, 2.45) is 5.10 Å². The highest BCUT2D eigenvalue weighted by molar-refractivity contribution is 6.36. The molecule has 0 spiro atoms. The van der Waals surface area contributed by atoms with Crippen molar-refractivity contribution in [3.05, 3.63) is 92.4 Å². The maximum atomic E-state index is 12.5. The van der Waals surface area contributed by atoms with E-state index >= 15 is 0 Å². The molecule has 0 heterocycles. The molecule has 2 N–H and O–H groups in total. The summed E-state index contributed by atoms with van der Waals surface area (Å²) in [5, 5.41) is 14.8. The van der Waals surface area contributed by atoms with Gasteiger partial charge in [0, 0.05) is 21.2 Å². The lowest BCUT2D eigenvalue weighted by Crippen LogP contribution is -2.18. The van der Waals surface area contributed by atoms with E-state index < -0.39 is 5.91 Å². The molecule has 0 aliphatic carbocycles. The van der Waals surface area contributed by atoms with Crippen molar-refractivity contribution in [3.63, 3.8) is 0 Å². The number of halogens is 3. The van der Waals surface area contributed by atoms with Crippen LogP contribution in [0.3, 0.4) is 0 Å². The second kappa shape index (κ2) is 9.65. The first-order valence-electron chi connectivity index (χ1n) is 8.42. The second-order valence-electron chi connectivity index (χ2n) is 5.90. The van der Waals surface area contributed by atoms with Crippen molar-refractivity contribution in [1.29, 1.82) is 0 Å². The van der Waals surface area contributed by atoms with Crippen LogP contribution in [-0.4, -0.2) is 17.2 Å². The minimum absolute atomic E-state index is 0.0867. The molecule has 0 fully saturated rings. The van der Waals surface area contributed by atoms with Crippen molar-refractivity contribution in [2.75, 3.05) is 0 Å². The number of aromatic hydroxyl groups is 1. The number of benzene rings is 3. The summed E-state index contributed by atoms with van der Waals surface area (Å²) in [7, 11) is 0. The van der Waals surface area contributed by atoms with Crippen molar-refractivity contribution in [2.45, 2.75) is 6.61 Å². The summed E-state index contributed by atoms with van der Waals surface area (Å²) < 4.78 is 5.77. The van der Waals surface area contributed by atoms with E-state index in [-0.39, 0.29) is 22.9 Å². The van der Waals surface area contributed by atoms with E-state index in [1.165, 1.54) is 18.3 Å². The van der Waals surface area contributed by atoms with E-state index in [9.17, 15) is 9.90 Å². The zero-order chi connectivity index (χ0) is 20.8. The number of amides is 1. The number of nitrogens with one attached hydrogen (secondary N) is 1. The zero-order valence-electron chi connectivity index (χ0n) is 14.9. The number of carbonyl (C=O) groups is 1. The topological polar surface area (TPSA) is 70.9 Å². The minimum atomic E-state index is -0.483. The Balaban J connectivity index is 1.71. The lowest BCUT2D eigenvalue weighted by molar-refractivity contribution is 0.0950. The number of phenols is 1. The van der Waals surface area contributed by atoms with Gasteiger partial charge in [-0.3, -0.25) is 4.79 Å². The van der Waals surface area contributed by atoms with E-state index in [1.807, 2.05) is 18.2 Å². The molecule has 148 valence electrons. The normalized spacial score (nSPS) is 10.9. The highest BCUT2D eigenvalue weighted by Crippen LogP contribution is 2.30. The molecule has 0 aliphatic heterocycles. The van der Waals surface area contributed by atoms with Gasteiger partial charge in [-0.1, -0.05) is 65.1 Å². The molecule has 0 aromatic heterocycles. The van der Waals surface area contributed by atoms with Gasteiger partial charge in [0.05, 0.1) is 16.8 Å². The molecule has 8 heteroatoms. The van der Waals surface area contributed by atoms with Gasteiger partial charge >= 0.3 is 0 Å². The summed E-state index contributed by atoms with van der Waals surface area (Å²) in [4.78, 5) is 12.5. The van der Waals surface area contributed by atoms with Crippen LogP contribution in [0.5, 0.6) is 11.5 Å². The lowest BCUT2D eigenvalue weighted by Gasteiger charge is -2.11. The standard InChI is InChI=1S/C21H15Cl3N2O3/c22-15-9-14(20(27)18(24)10-15)11-25-26-21(28)16-6-2-4-8-19(16)29-12-13-5-1-3-7-17(13)23/h1-11,27H,12H2,(H,26,28)/b25-11+. The molecule has 5 nitrogen and oxygen atoms in total. The van der Waals surface area contributed by atoms with Gasteiger partial charge in [-0.2, -0.15) is 5.10 Å². The van der Waals surface area contributed by atoms with Crippen molar-refractivity contribution in [1.82, 2.24) is 5.43 Å². The summed E-state index contributed by atoms with van der Waals surface area (Å²) >= 11 is 17.9. The van der Waals surface area contributed by atoms with Crippen molar-refractivity contribution in [3.8, 4) is 11.5 Å². The molecule has 29 heavy (non-hydrogen) atoms. The quantitative estimate of drug-likeness (QED) is 0.375. The Labute approximate surface area is 182 Å². The Morgan fingerprint density at radius 2 is 1.76 bits per heavy atom. The molecule has 0 saturated heterocycles. The number of hydrogen-bond acceptors (Lipinski definition) is 4. The van der Waals surface area contributed by atoms with Crippen LogP contribution in [0.1, 0.15) is 21.5 Å². The summed E-state index contributed by atoms with van der Waals surface area (Å²) in [6, 6.07) is 16.9. The molecular weight excluding hydrogens is 435 g/mol. The van der Waals surface area contributed by atoms with Crippen LogP contribution >= 0.6 is 34.8 Å². The first-order valence-corrected chi connectivity index (χ1v) is 9.55. The molecule has 3 rings (SSSR count). The van der Waals surface area contributed by atoms with Gasteiger partial charge in [-0.05, 0) is 30.3 Å². The molecule has 0 saturated carbocycles. The summed E-state index contributed by atoms with van der Waals surface area (Å²) in [6.45, 7) is 0.210. The van der Waals surface area contributed by atoms with Gasteiger partial charge in [0.15, 0.2) is 0 Å². The fourth-order valence-electron chi connectivity index (χ4n) is 2.46. The molecule has 0 atom stereocenters. The maximum Gasteiger partial charge on any atom is 0.275 e. The Bertz CT molecular complexity index is 1070. The Kier molecular flexibility index (Phi) is 6.99. The van der Waals surface area contributed by atoms with E-state index in [1.54, 1.807) is 30.3 Å². The third-order valence-electron chi connectivity index (χ3n) is 3.90. The van der Waals surface area contributed by atoms with E-state index in [4.69, 9.17) is 39.5 Å². The third-order valence-corrected chi connectivity index (χ3v) is 4.78. The molecule has 0 bridgehead atoms. The largest absolute Gasteiger partial charge is 0.506 e. The number of hydrazone groups is 1. The van der Waals surface area contributed by atoms with Crippen LogP contribution in [0, 0.1) is 0 Å². The molecule has 0 radical (unpaired) electrons. The van der Waals surface area contributed by atoms with E-state index in [2.05, 4.69) is 10.5 Å². The number of hydrogen-bond donors (Lipinski definition) is 2. The van der Waals surface area contributed by atoms with Gasteiger partial charge in [-0.15, -0.1) is 0 Å². The third kappa shape index (κ3) is 5.41. The van der Waals surface area contributed by atoms with Gasteiger partial charge in [0.2, 0.25) is 0 Å². The minimum Gasteiger partial charge on any atom is -0.506 e. The number of phenolic OH excluding ortho intramolecular Hbond substituents is 1. The smallest absolute Gasteiger partial charge is 0.275 e. The first-order chi connectivity index (χ1) is 14.0. The molecule has 1 amide bonds. The summed E-state index contributed by atoms with van der Waals surface area (Å²) in [6.07, 6.45) is 1.25. The maximum absolute atomic E-state index is 12.5. The Hall–Kier alpha value is -2.73. The first kappa shape index (κ1) is 21.0. The van der Waals surface area contributed by atoms with Crippen LogP contribution in [0.4, 0.5) is 0 Å². The summed E-state index contributed by atoms with van der Waals surface area (Å²) in [5.41, 5.74) is 3.76. The lowest BCUT2D eigenvalue weighted by atomic mass is 10.2. The van der Waals surface area contributed by atoms with Crippen molar-refractivity contribution >= 4 is 46.9 Å². The van der Waals surface area contributed by atoms with Crippen molar-refractivity contribution < 1.29 is 14.6 Å². The monoisotopic (exact) mass is 448 g/mol. The molecule has 3 aromatic rings. The highest BCUT2D eigenvalue weighted by atomic mass is 35.5. The van der Waals surface area contributed by atoms with E-state index in [0.29, 0.717) is 21.4 Å². The average molecular weight is 450 g/mol. The number of rotatable bonds is 6. The van der Waals surface area contributed by atoms with Crippen LogP contribution in [-0.2, 0) is 6.61 Å². The second-order valence-corrected chi connectivity index (χ2v) is 7.15. The fourth-order valence-corrected chi connectivity index (χ4v) is 3.16.